The zero-order valence-electron chi connectivity index (χ0n) is 7.48. The number of hydrogen-bond acceptors (Lipinski definition) is 4. The van der Waals surface area contributed by atoms with Crippen LogP contribution in [0.25, 0.3) is 0 Å². The highest BCUT2D eigenvalue weighted by Gasteiger charge is 2.09. The second-order valence-electron chi connectivity index (χ2n) is 2.63. The molecule has 2 aromatic heterocycles. The molecule has 0 fully saturated rings. The maximum absolute atomic E-state index is 11.6. The Labute approximate surface area is 94.9 Å². The first-order chi connectivity index (χ1) is 7.25. The lowest BCUT2D eigenvalue weighted by Gasteiger charge is -1.99. The van der Waals surface area contributed by atoms with E-state index in [1.165, 1.54) is 11.3 Å². The van der Waals surface area contributed by atoms with Gasteiger partial charge in [-0.1, -0.05) is 11.6 Å². The molecular weight excluding hydrogens is 234 g/mol. The van der Waals surface area contributed by atoms with Crippen molar-refractivity contribution in [1.82, 2.24) is 9.97 Å². The third-order valence-electron chi connectivity index (χ3n) is 1.59. The fraction of sp³-hybridized carbons (Fsp3) is 0. The summed E-state index contributed by atoms with van der Waals surface area (Å²) >= 11 is 6.93. The minimum Gasteiger partial charge on any atom is -0.290 e. The molecule has 6 heteroatoms. The second kappa shape index (κ2) is 4.37. The quantitative estimate of drug-likeness (QED) is 0.876. The summed E-state index contributed by atoms with van der Waals surface area (Å²) in [5.41, 5.74) is 0. The molecular formula is C9H6ClN3OS. The molecule has 0 saturated carbocycles. The summed E-state index contributed by atoms with van der Waals surface area (Å²) in [5.74, 6) is 0.0325. The molecule has 0 bridgehead atoms. The Balaban J connectivity index is 2.11. The van der Waals surface area contributed by atoms with Crippen molar-refractivity contribution in [2.75, 3.05) is 5.32 Å². The summed E-state index contributed by atoms with van der Waals surface area (Å²) in [6, 6.07) is 5.01. The molecule has 0 radical (unpaired) electrons. The maximum Gasteiger partial charge on any atom is 0.268 e. The average molecular weight is 240 g/mol. The number of halogens is 1. The number of aromatic nitrogens is 2. The van der Waals surface area contributed by atoms with Gasteiger partial charge in [-0.15, -0.1) is 11.3 Å². The molecule has 0 unspecified atom stereocenters. The highest BCUT2D eigenvalue weighted by Crippen LogP contribution is 2.21. The standard InChI is InChI=1S/C9H6ClN3OS/c10-7-3-2-6(15-7)8(14)13-9-11-4-1-5-12-9/h1-5H,(H,11,12,13,14). The lowest BCUT2D eigenvalue weighted by molar-refractivity contribution is 0.102. The topological polar surface area (TPSA) is 54.9 Å². The predicted molar refractivity (Wildman–Crippen MR) is 59.3 cm³/mol. The van der Waals surface area contributed by atoms with Crippen molar-refractivity contribution < 1.29 is 4.79 Å². The molecule has 2 aromatic rings. The third-order valence-corrected chi connectivity index (χ3v) is 2.82. The monoisotopic (exact) mass is 239 g/mol. The van der Waals surface area contributed by atoms with E-state index in [2.05, 4.69) is 15.3 Å². The molecule has 0 atom stereocenters. The number of hydrogen-bond donors (Lipinski definition) is 1. The van der Waals surface area contributed by atoms with Gasteiger partial charge in [-0.2, -0.15) is 0 Å². The van der Waals surface area contributed by atoms with Crippen LogP contribution >= 0.6 is 22.9 Å². The number of carbonyl (C=O) groups excluding carboxylic acids is 1. The van der Waals surface area contributed by atoms with Gasteiger partial charge in [-0.05, 0) is 18.2 Å². The highest BCUT2D eigenvalue weighted by atomic mass is 35.5. The molecule has 4 nitrogen and oxygen atoms in total. The number of anilines is 1. The van der Waals surface area contributed by atoms with Gasteiger partial charge in [0.1, 0.15) is 0 Å². The molecule has 1 amide bonds. The number of nitrogens with one attached hydrogen (secondary N) is 1. The van der Waals surface area contributed by atoms with Crippen molar-refractivity contribution in [3.8, 4) is 0 Å². The van der Waals surface area contributed by atoms with E-state index in [1.54, 1.807) is 30.6 Å². The molecule has 0 aliphatic rings. The Hall–Kier alpha value is -1.46. The number of carbonyl (C=O) groups is 1. The van der Waals surface area contributed by atoms with Gasteiger partial charge in [0, 0.05) is 12.4 Å². The van der Waals surface area contributed by atoms with Crippen LogP contribution in [0.5, 0.6) is 0 Å². The van der Waals surface area contributed by atoms with E-state index >= 15 is 0 Å². The Bertz CT molecular complexity index is 471. The summed E-state index contributed by atoms with van der Waals surface area (Å²) in [6.07, 6.45) is 3.12. The van der Waals surface area contributed by atoms with Crippen molar-refractivity contribution >= 4 is 34.8 Å². The van der Waals surface area contributed by atoms with E-state index in [0.29, 0.717) is 9.21 Å². The van der Waals surface area contributed by atoms with E-state index < -0.39 is 0 Å². The van der Waals surface area contributed by atoms with E-state index in [1.807, 2.05) is 0 Å². The molecule has 0 aromatic carbocycles. The van der Waals surface area contributed by atoms with Gasteiger partial charge < -0.3 is 0 Å². The Morgan fingerprint density at radius 3 is 2.67 bits per heavy atom. The molecule has 1 N–H and O–H groups in total. The lowest BCUT2D eigenvalue weighted by atomic mass is 10.4. The molecule has 0 aliphatic heterocycles. The Kier molecular flexibility index (Phi) is 2.94. The largest absolute Gasteiger partial charge is 0.290 e. The van der Waals surface area contributed by atoms with Crippen LogP contribution in [-0.2, 0) is 0 Å². The van der Waals surface area contributed by atoms with Crippen molar-refractivity contribution in [2.24, 2.45) is 0 Å². The molecule has 15 heavy (non-hydrogen) atoms. The van der Waals surface area contributed by atoms with Gasteiger partial charge in [-0.3, -0.25) is 10.1 Å². The van der Waals surface area contributed by atoms with E-state index in [9.17, 15) is 4.79 Å². The Morgan fingerprint density at radius 1 is 1.33 bits per heavy atom. The van der Waals surface area contributed by atoms with Crippen LogP contribution in [0.3, 0.4) is 0 Å². The normalized spacial score (nSPS) is 9.93. The zero-order valence-corrected chi connectivity index (χ0v) is 9.05. The maximum atomic E-state index is 11.6. The number of thiophene rings is 1. The fourth-order valence-electron chi connectivity index (χ4n) is 0.963. The van der Waals surface area contributed by atoms with Crippen LogP contribution < -0.4 is 5.32 Å². The summed E-state index contributed by atoms with van der Waals surface area (Å²) in [7, 11) is 0. The van der Waals surface area contributed by atoms with Gasteiger partial charge in [0.2, 0.25) is 5.95 Å². The molecule has 0 aliphatic carbocycles. The highest BCUT2D eigenvalue weighted by molar-refractivity contribution is 7.18. The second-order valence-corrected chi connectivity index (χ2v) is 4.35. The van der Waals surface area contributed by atoms with E-state index in [-0.39, 0.29) is 11.9 Å². The van der Waals surface area contributed by atoms with Gasteiger partial charge in [0.05, 0.1) is 9.21 Å². The molecule has 2 rings (SSSR count). The van der Waals surface area contributed by atoms with Crippen molar-refractivity contribution in [3.63, 3.8) is 0 Å². The number of nitrogens with zero attached hydrogens (tertiary/aromatic N) is 2. The van der Waals surface area contributed by atoms with Gasteiger partial charge >= 0.3 is 0 Å². The number of rotatable bonds is 2. The van der Waals surface area contributed by atoms with Gasteiger partial charge in [0.15, 0.2) is 0 Å². The molecule has 2 heterocycles. The minimum atomic E-state index is -0.252. The van der Waals surface area contributed by atoms with Crippen LogP contribution in [0.15, 0.2) is 30.6 Å². The van der Waals surface area contributed by atoms with Crippen LogP contribution in [0, 0.1) is 0 Å². The van der Waals surface area contributed by atoms with Crippen LogP contribution in [-0.4, -0.2) is 15.9 Å². The van der Waals surface area contributed by atoms with Crippen LogP contribution in [0.4, 0.5) is 5.95 Å². The average Bonchev–Trinajstić information content (AvgIpc) is 2.66. The summed E-state index contributed by atoms with van der Waals surface area (Å²) in [6.45, 7) is 0. The predicted octanol–water partition coefficient (Wildman–Crippen LogP) is 2.44. The molecule has 76 valence electrons. The first-order valence-electron chi connectivity index (χ1n) is 4.09. The first-order valence-corrected chi connectivity index (χ1v) is 5.29. The first kappa shape index (κ1) is 10.1. The Morgan fingerprint density at radius 2 is 2.07 bits per heavy atom. The SMILES string of the molecule is O=C(Nc1ncccn1)c1ccc(Cl)s1. The third kappa shape index (κ3) is 2.51. The van der Waals surface area contributed by atoms with Gasteiger partial charge in [-0.25, -0.2) is 9.97 Å². The lowest BCUT2D eigenvalue weighted by Crippen LogP contribution is -2.12. The summed E-state index contributed by atoms with van der Waals surface area (Å²) in [4.78, 5) is 19.9. The van der Waals surface area contributed by atoms with Crippen LogP contribution in [0.1, 0.15) is 9.67 Å². The van der Waals surface area contributed by atoms with Crippen molar-refractivity contribution in [3.05, 3.63) is 39.8 Å². The smallest absolute Gasteiger partial charge is 0.268 e. The molecule has 0 spiro atoms. The zero-order chi connectivity index (χ0) is 10.7. The summed E-state index contributed by atoms with van der Waals surface area (Å²) < 4.78 is 0.578. The van der Waals surface area contributed by atoms with E-state index in [4.69, 9.17) is 11.6 Å². The van der Waals surface area contributed by atoms with E-state index in [0.717, 1.165) is 0 Å². The summed E-state index contributed by atoms with van der Waals surface area (Å²) in [5, 5.41) is 2.56. The van der Waals surface area contributed by atoms with Crippen molar-refractivity contribution in [1.29, 1.82) is 0 Å². The van der Waals surface area contributed by atoms with Crippen LogP contribution in [0.2, 0.25) is 4.34 Å². The number of amides is 1. The van der Waals surface area contributed by atoms with Gasteiger partial charge in [0.25, 0.3) is 5.91 Å². The molecule has 0 saturated heterocycles. The minimum absolute atomic E-state index is 0.252. The fourth-order valence-corrected chi connectivity index (χ4v) is 1.90. The van der Waals surface area contributed by atoms with Crippen molar-refractivity contribution in [2.45, 2.75) is 0 Å².